The van der Waals surface area contributed by atoms with E-state index in [1.165, 1.54) is 30.3 Å². The molecule has 5 nitrogen and oxygen atoms in total. The average Bonchev–Trinajstić information content (AvgIpc) is 2.55. The molecule has 2 aromatic rings. The van der Waals surface area contributed by atoms with Crippen molar-refractivity contribution < 1.29 is 23.1 Å². The molecule has 0 heterocycles. The van der Waals surface area contributed by atoms with E-state index in [1.54, 1.807) is 6.07 Å². The molecule has 0 aliphatic rings. The summed E-state index contributed by atoms with van der Waals surface area (Å²) in [6.45, 7) is -0.0425. The van der Waals surface area contributed by atoms with Gasteiger partial charge in [-0.15, -0.1) is 0 Å². The molecule has 0 bridgehead atoms. The van der Waals surface area contributed by atoms with Crippen molar-refractivity contribution in [3.05, 3.63) is 65.7 Å². The molecule has 0 unspecified atom stereocenters. The topological polar surface area (TPSA) is 67.4 Å². The first-order chi connectivity index (χ1) is 11.1. The summed E-state index contributed by atoms with van der Waals surface area (Å²) in [6, 6.07) is 10.7. The molecular weight excluding hydrogens is 306 g/mol. The van der Waals surface area contributed by atoms with Crippen molar-refractivity contribution >= 4 is 11.8 Å². The third-order valence-corrected chi connectivity index (χ3v) is 2.85. The van der Waals surface area contributed by atoms with E-state index in [9.17, 15) is 18.4 Å². The Morgan fingerprint density at radius 2 is 1.65 bits per heavy atom. The summed E-state index contributed by atoms with van der Waals surface area (Å²) in [7, 11) is 0. The second-order valence-corrected chi connectivity index (χ2v) is 4.54. The van der Waals surface area contributed by atoms with E-state index in [0.29, 0.717) is 0 Å². The minimum atomic E-state index is -0.576. The Kier molecular flexibility index (Phi) is 5.62. The molecule has 2 aromatic carbocycles. The second-order valence-electron chi connectivity index (χ2n) is 4.54. The lowest BCUT2D eigenvalue weighted by atomic mass is 10.2. The predicted octanol–water partition coefficient (Wildman–Crippen LogP) is 2.19. The lowest BCUT2D eigenvalue weighted by Crippen LogP contribution is -2.42. The number of carbonyl (C=O) groups excluding carboxylic acids is 2. The van der Waals surface area contributed by atoms with Crippen LogP contribution in [0.1, 0.15) is 16.8 Å². The van der Waals surface area contributed by atoms with Gasteiger partial charge in [0, 0.05) is 5.56 Å². The van der Waals surface area contributed by atoms with Gasteiger partial charge < -0.3 is 4.74 Å². The van der Waals surface area contributed by atoms with Gasteiger partial charge in [-0.3, -0.25) is 20.4 Å². The zero-order chi connectivity index (χ0) is 16.7. The molecule has 2 N–H and O–H groups in total. The standard InChI is InChI=1S/C16H14F2N2O3/c17-12-7-5-11(6-8-12)16(22)20-19-15(21)9-10-23-14-4-2-1-3-13(14)18/h1-8H,9-10H2,(H,19,21)(H,20,22). The Balaban J connectivity index is 1.72. The van der Waals surface area contributed by atoms with Crippen LogP contribution in [0.25, 0.3) is 0 Å². The number of hydrogen-bond donors (Lipinski definition) is 2. The van der Waals surface area contributed by atoms with Crippen molar-refractivity contribution in [1.29, 1.82) is 0 Å². The van der Waals surface area contributed by atoms with Crippen LogP contribution in [0.2, 0.25) is 0 Å². The summed E-state index contributed by atoms with van der Waals surface area (Å²) in [6.07, 6.45) is -0.0714. The van der Waals surface area contributed by atoms with E-state index < -0.39 is 23.4 Å². The number of benzene rings is 2. The van der Waals surface area contributed by atoms with Gasteiger partial charge >= 0.3 is 0 Å². The van der Waals surface area contributed by atoms with Crippen molar-refractivity contribution in [3.8, 4) is 5.75 Å². The van der Waals surface area contributed by atoms with Crippen LogP contribution < -0.4 is 15.6 Å². The number of hydrogen-bond acceptors (Lipinski definition) is 3. The Morgan fingerprint density at radius 3 is 2.35 bits per heavy atom. The number of halogens is 2. The lowest BCUT2D eigenvalue weighted by Gasteiger charge is -2.09. The van der Waals surface area contributed by atoms with Crippen LogP contribution in [-0.2, 0) is 4.79 Å². The van der Waals surface area contributed by atoms with Gasteiger partial charge in [0.25, 0.3) is 5.91 Å². The monoisotopic (exact) mass is 320 g/mol. The molecule has 0 saturated heterocycles. The van der Waals surface area contributed by atoms with E-state index in [0.717, 1.165) is 12.1 Å². The normalized spacial score (nSPS) is 10.0. The van der Waals surface area contributed by atoms with Crippen LogP contribution in [0, 0.1) is 11.6 Å². The fourth-order valence-corrected chi connectivity index (χ4v) is 1.68. The van der Waals surface area contributed by atoms with Gasteiger partial charge in [-0.05, 0) is 36.4 Å². The Bertz CT molecular complexity index is 690. The third kappa shape index (κ3) is 5.06. The molecule has 23 heavy (non-hydrogen) atoms. The molecule has 0 fully saturated rings. The molecule has 120 valence electrons. The number of para-hydroxylation sites is 1. The SMILES string of the molecule is O=C(CCOc1ccccc1F)NNC(=O)c1ccc(F)cc1. The lowest BCUT2D eigenvalue weighted by molar-refractivity contribution is -0.122. The quantitative estimate of drug-likeness (QED) is 0.830. The highest BCUT2D eigenvalue weighted by Gasteiger charge is 2.08. The highest BCUT2D eigenvalue weighted by molar-refractivity contribution is 5.95. The first-order valence-corrected chi connectivity index (χ1v) is 6.78. The Morgan fingerprint density at radius 1 is 0.957 bits per heavy atom. The largest absolute Gasteiger partial charge is 0.490 e. The maximum Gasteiger partial charge on any atom is 0.269 e. The average molecular weight is 320 g/mol. The number of rotatable bonds is 5. The van der Waals surface area contributed by atoms with Crippen LogP contribution in [-0.4, -0.2) is 18.4 Å². The van der Waals surface area contributed by atoms with E-state index in [4.69, 9.17) is 4.74 Å². The van der Waals surface area contributed by atoms with Crippen molar-refractivity contribution in [2.45, 2.75) is 6.42 Å². The molecule has 0 spiro atoms. The van der Waals surface area contributed by atoms with E-state index in [-0.39, 0.29) is 24.3 Å². The molecule has 7 heteroatoms. The molecule has 2 rings (SSSR count). The van der Waals surface area contributed by atoms with Gasteiger partial charge in [-0.2, -0.15) is 0 Å². The number of nitrogens with one attached hydrogen (secondary N) is 2. The highest BCUT2D eigenvalue weighted by atomic mass is 19.1. The van der Waals surface area contributed by atoms with Gasteiger partial charge in [-0.1, -0.05) is 12.1 Å². The minimum absolute atomic E-state index is 0.0425. The minimum Gasteiger partial charge on any atom is -0.490 e. The zero-order valence-electron chi connectivity index (χ0n) is 12.0. The second kappa shape index (κ2) is 7.88. The van der Waals surface area contributed by atoms with Crippen molar-refractivity contribution in [2.24, 2.45) is 0 Å². The summed E-state index contributed by atoms with van der Waals surface area (Å²) < 4.78 is 31.1. The number of amides is 2. The van der Waals surface area contributed by atoms with Crippen molar-refractivity contribution in [1.82, 2.24) is 10.9 Å². The van der Waals surface area contributed by atoms with Gasteiger partial charge in [0.2, 0.25) is 5.91 Å². The van der Waals surface area contributed by atoms with E-state index in [1.807, 2.05) is 0 Å². The molecule has 0 aromatic heterocycles. The fraction of sp³-hybridized carbons (Fsp3) is 0.125. The van der Waals surface area contributed by atoms with Gasteiger partial charge in [0.1, 0.15) is 5.82 Å². The maximum atomic E-state index is 13.3. The van der Waals surface area contributed by atoms with Crippen molar-refractivity contribution in [3.63, 3.8) is 0 Å². The summed E-state index contributed by atoms with van der Waals surface area (Å²) in [5, 5.41) is 0. The first-order valence-electron chi connectivity index (χ1n) is 6.78. The highest BCUT2D eigenvalue weighted by Crippen LogP contribution is 2.15. The summed E-state index contributed by atoms with van der Waals surface area (Å²) in [4.78, 5) is 23.2. The van der Waals surface area contributed by atoms with Crippen LogP contribution in [0.4, 0.5) is 8.78 Å². The zero-order valence-corrected chi connectivity index (χ0v) is 12.0. The predicted molar refractivity (Wildman–Crippen MR) is 78.5 cm³/mol. The molecular formula is C16H14F2N2O3. The van der Waals surface area contributed by atoms with Gasteiger partial charge in [0.05, 0.1) is 13.0 Å². The van der Waals surface area contributed by atoms with Gasteiger partial charge in [0.15, 0.2) is 11.6 Å². The van der Waals surface area contributed by atoms with Crippen molar-refractivity contribution in [2.75, 3.05) is 6.61 Å². The van der Waals surface area contributed by atoms with E-state index >= 15 is 0 Å². The third-order valence-electron chi connectivity index (χ3n) is 2.85. The molecule has 0 radical (unpaired) electrons. The molecule has 0 atom stereocenters. The Hall–Kier alpha value is -2.96. The van der Waals surface area contributed by atoms with E-state index in [2.05, 4.69) is 10.9 Å². The number of ether oxygens (including phenoxy) is 1. The molecule has 2 amide bonds. The van der Waals surface area contributed by atoms with Crippen LogP contribution in [0.15, 0.2) is 48.5 Å². The maximum absolute atomic E-state index is 13.3. The summed E-state index contributed by atoms with van der Waals surface area (Å²) >= 11 is 0. The smallest absolute Gasteiger partial charge is 0.269 e. The summed E-state index contributed by atoms with van der Waals surface area (Å²) in [5.41, 5.74) is 4.58. The summed E-state index contributed by atoms with van der Waals surface area (Å²) in [5.74, 6) is -2.01. The molecule has 0 saturated carbocycles. The van der Waals surface area contributed by atoms with Gasteiger partial charge in [-0.25, -0.2) is 8.78 Å². The first kappa shape index (κ1) is 16.4. The Labute approximate surface area is 131 Å². The van der Waals surface area contributed by atoms with Crippen LogP contribution in [0.3, 0.4) is 0 Å². The van der Waals surface area contributed by atoms with Crippen LogP contribution >= 0.6 is 0 Å². The number of hydrazine groups is 1. The molecule has 0 aliphatic carbocycles. The number of carbonyl (C=O) groups is 2. The molecule has 0 aliphatic heterocycles. The van der Waals surface area contributed by atoms with Crippen LogP contribution in [0.5, 0.6) is 5.75 Å². The fourth-order valence-electron chi connectivity index (χ4n) is 1.68.